The van der Waals surface area contributed by atoms with Gasteiger partial charge in [-0.25, -0.2) is 9.97 Å². The molecule has 1 N–H and O–H groups in total. The zero-order valence-electron chi connectivity index (χ0n) is 17.0. The summed E-state index contributed by atoms with van der Waals surface area (Å²) in [4.78, 5) is 23.8. The summed E-state index contributed by atoms with van der Waals surface area (Å²) in [5, 5.41) is 3.74. The van der Waals surface area contributed by atoms with Crippen LogP contribution in [0.25, 0.3) is 11.1 Å². The smallest absolute Gasteiger partial charge is 0.225 e. The number of carbonyl (C=O) groups excluding carboxylic acids is 1. The quantitative estimate of drug-likeness (QED) is 0.653. The Balaban J connectivity index is 1.29. The maximum absolute atomic E-state index is 12.5. The Bertz CT molecular complexity index is 996. The molecule has 2 aromatic carbocycles. The van der Waals surface area contributed by atoms with E-state index in [0.29, 0.717) is 11.6 Å². The number of hydrogen-bond donors (Lipinski definition) is 1. The molecular formula is C24H25ClN4O. The van der Waals surface area contributed by atoms with E-state index in [-0.39, 0.29) is 11.8 Å². The lowest BCUT2D eigenvalue weighted by atomic mass is 9.96. The number of nitrogens with one attached hydrogen (secondary N) is 1. The minimum Gasteiger partial charge on any atom is -0.352 e. The number of benzene rings is 2. The van der Waals surface area contributed by atoms with Crippen molar-refractivity contribution in [2.75, 3.05) is 18.0 Å². The summed E-state index contributed by atoms with van der Waals surface area (Å²) in [6, 6.07) is 15.9. The number of aromatic nitrogens is 2. The molecule has 0 aliphatic carbocycles. The molecule has 0 unspecified atom stereocenters. The third-order valence-electron chi connectivity index (χ3n) is 5.52. The maximum atomic E-state index is 12.5. The highest BCUT2D eigenvalue weighted by Gasteiger charge is 2.26. The van der Waals surface area contributed by atoms with Crippen LogP contribution in [-0.4, -0.2) is 29.0 Å². The van der Waals surface area contributed by atoms with Crippen LogP contribution in [0.5, 0.6) is 0 Å². The Hall–Kier alpha value is -2.92. The first-order valence-electron chi connectivity index (χ1n) is 10.2. The lowest BCUT2D eigenvalue weighted by Gasteiger charge is -2.31. The molecule has 30 heavy (non-hydrogen) atoms. The second kappa shape index (κ2) is 9.26. The van der Waals surface area contributed by atoms with E-state index in [1.807, 2.05) is 42.7 Å². The monoisotopic (exact) mass is 420 g/mol. The van der Waals surface area contributed by atoms with Crippen LogP contribution >= 0.6 is 11.6 Å². The predicted octanol–water partition coefficient (Wildman–Crippen LogP) is 4.64. The van der Waals surface area contributed by atoms with Crippen molar-refractivity contribution in [3.05, 3.63) is 77.1 Å². The molecule has 0 spiro atoms. The molecule has 0 radical (unpaired) electrons. The third kappa shape index (κ3) is 4.97. The molecule has 1 aliphatic rings. The van der Waals surface area contributed by atoms with Gasteiger partial charge >= 0.3 is 0 Å². The Morgan fingerprint density at radius 2 is 1.77 bits per heavy atom. The second-order valence-electron chi connectivity index (χ2n) is 7.75. The van der Waals surface area contributed by atoms with E-state index in [2.05, 4.69) is 45.3 Å². The summed E-state index contributed by atoms with van der Waals surface area (Å²) < 4.78 is 0. The molecule has 1 amide bonds. The highest BCUT2D eigenvalue weighted by atomic mass is 35.5. The van der Waals surface area contributed by atoms with Crippen molar-refractivity contribution in [1.29, 1.82) is 0 Å². The van der Waals surface area contributed by atoms with Crippen LogP contribution in [0.1, 0.15) is 24.0 Å². The van der Waals surface area contributed by atoms with E-state index >= 15 is 0 Å². The van der Waals surface area contributed by atoms with E-state index in [1.54, 1.807) is 0 Å². The van der Waals surface area contributed by atoms with Gasteiger partial charge < -0.3 is 10.2 Å². The van der Waals surface area contributed by atoms with Crippen molar-refractivity contribution in [3.63, 3.8) is 0 Å². The Morgan fingerprint density at radius 1 is 1.07 bits per heavy atom. The fraction of sp³-hybridized carbons (Fsp3) is 0.292. The number of rotatable bonds is 5. The normalized spacial score (nSPS) is 14.5. The van der Waals surface area contributed by atoms with Gasteiger partial charge in [0.2, 0.25) is 11.9 Å². The van der Waals surface area contributed by atoms with Crippen LogP contribution in [0.3, 0.4) is 0 Å². The molecule has 1 aliphatic heterocycles. The van der Waals surface area contributed by atoms with Crippen molar-refractivity contribution in [2.45, 2.75) is 26.3 Å². The zero-order chi connectivity index (χ0) is 20.9. The van der Waals surface area contributed by atoms with Gasteiger partial charge in [-0.15, -0.1) is 0 Å². The first-order chi connectivity index (χ1) is 14.6. The van der Waals surface area contributed by atoms with E-state index in [9.17, 15) is 4.79 Å². The summed E-state index contributed by atoms with van der Waals surface area (Å²) in [7, 11) is 0. The van der Waals surface area contributed by atoms with Gasteiger partial charge in [0, 0.05) is 48.5 Å². The van der Waals surface area contributed by atoms with Gasteiger partial charge in [0.1, 0.15) is 0 Å². The minimum atomic E-state index is 0.0279. The number of hydrogen-bond acceptors (Lipinski definition) is 4. The fourth-order valence-corrected chi connectivity index (χ4v) is 3.86. The van der Waals surface area contributed by atoms with Gasteiger partial charge in [-0.05, 0) is 43.0 Å². The number of piperidine rings is 1. The summed E-state index contributed by atoms with van der Waals surface area (Å²) in [5.74, 6) is 0.867. The average Bonchev–Trinajstić information content (AvgIpc) is 2.79. The number of amides is 1. The Kier molecular flexibility index (Phi) is 6.29. The van der Waals surface area contributed by atoms with Gasteiger partial charge in [-0.3, -0.25) is 4.79 Å². The molecule has 1 saturated heterocycles. The molecule has 4 rings (SSSR count). The van der Waals surface area contributed by atoms with Crippen LogP contribution in [0, 0.1) is 12.8 Å². The lowest BCUT2D eigenvalue weighted by Crippen LogP contribution is -2.41. The Morgan fingerprint density at radius 3 is 2.43 bits per heavy atom. The van der Waals surface area contributed by atoms with Gasteiger partial charge in [-0.2, -0.15) is 0 Å². The molecule has 0 saturated carbocycles. The van der Waals surface area contributed by atoms with Gasteiger partial charge in [0.15, 0.2) is 0 Å². The van der Waals surface area contributed by atoms with Crippen molar-refractivity contribution in [3.8, 4) is 11.1 Å². The number of carbonyl (C=O) groups is 1. The molecular weight excluding hydrogens is 396 g/mol. The predicted molar refractivity (Wildman–Crippen MR) is 120 cm³/mol. The van der Waals surface area contributed by atoms with E-state index in [0.717, 1.165) is 48.6 Å². The van der Waals surface area contributed by atoms with E-state index in [1.165, 1.54) is 5.56 Å². The van der Waals surface area contributed by atoms with Gasteiger partial charge in [0.05, 0.1) is 0 Å². The summed E-state index contributed by atoms with van der Waals surface area (Å²) >= 11 is 5.90. The molecule has 1 aromatic heterocycles. The first-order valence-corrected chi connectivity index (χ1v) is 10.6. The molecule has 1 fully saturated rings. The molecule has 0 bridgehead atoms. The van der Waals surface area contributed by atoms with E-state index < -0.39 is 0 Å². The number of halogens is 1. The van der Waals surface area contributed by atoms with Crippen LogP contribution in [-0.2, 0) is 11.3 Å². The highest BCUT2D eigenvalue weighted by molar-refractivity contribution is 6.30. The van der Waals surface area contributed by atoms with Crippen LogP contribution in [0.2, 0.25) is 5.02 Å². The first kappa shape index (κ1) is 20.4. The maximum Gasteiger partial charge on any atom is 0.225 e. The molecule has 2 heterocycles. The van der Waals surface area contributed by atoms with Crippen molar-refractivity contribution in [1.82, 2.24) is 15.3 Å². The fourth-order valence-electron chi connectivity index (χ4n) is 3.74. The zero-order valence-corrected chi connectivity index (χ0v) is 17.8. The Labute approximate surface area is 182 Å². The largest absolute Gasteiger partial charge is 0.352 e. The molecule has 154 valence electrons. The highest BCUT2D eigenvalue weighted by Crippen LogP contribution is 2.23. The molecule has 3 aromatic rings. The minimum absolute atomic E-state index is 0.0279. The second-order valence-corrected chi connectivity index (χ2v) is 8.18. The van der Waals surface area contributed by atoms with Crippen LogP contribution in [0.4, 0.5) is 5.95 Å². The summed E-state index contributed by atoms with van der Waals surface area (Å²) in [6.07, 6.45) is 5.36. The van der Waals surface area contributed by atoms with Crippen molar-refractivity contribution in [2.24, 2.45) is 5.92 Å². The van der Waals surface area contributed by atoms with E-state index in [4.69, 9.17) is 11.6 Å². The SMILES string of the molecule is Cc1cccc(-c2cnc(N3CCC(C(=O)NCc4ccc(Cl)cc4)CC3)nc2)c1. The van der Waals surface area contributed by atoms with Gasteiger partial charge in [-0.1, -0.05) is 53.6 Å². The number of nitrogens with zero attached hydrogens (tertiary/aromatic N) is 3. The van der Waals surface area contributed by atoms with Crippen molar-refractivity contribution < 1.29 is 4.79 Å². The average molecular weight is 421 g/mol. The van der Waals surface area contributed by atoms with Gasteiger partial charge in [0.25, 0.3) is 0 Å². The van der Waals surface area contributed by atoms with Crippen LogP contribution in [0.15, 0.2) is 60.9 Å². The number of aryl methyl sites for hydroxylation is 1. The molecule has 5 nitrogen and oxygen atoms in total. The summed E-state index contributed by atoms with van der Waals surface area (Å²) in [6.45, 7) is 4.17. The third-order valence-corrected chi connectivity index (χ3v) is 5.77. The lowest BCUT2D eigenvalue weighted by molar-refractivity contribution is -0.125. The molecule has 0 atom stereocenters. The van der Waals surface area contributed by atoms with Crippen LogP contribution < -0.4 is 10.2 Å². The number of anilines is 1. The molecule has 6 heteroatoms. The van der Waals surface area contributed by atoms with Crippen molar-refractivity contribution >= 4 is 23.5 Å². The standard InChI is InChI=1S/C24H25ClN4O/c1-17-3-2-4-20(13-17)21-15-27-24(28-16-21)29-11-9-19(10-12-29)23(30)26-14-18-5-7-22(25)8-6-18/h2-8,13,15-16,19H,9-12,14H2,1H3,(H,26,30). The topological polar surface area (TPSA) is 58.1 Å². The summed E-state index contributed by atoms with van der Waals surface area (Å²) in [5.41, 5.74) is 4.40.